The van der Waals surface area contributed by atoms with Crippen LogP contribution in [0.5, 0.6) is 0 Å². The minimum absolute atomic E-state index is 0.161. The fourth-order valence-electron chi connectivity index (χ4n) is 1.56. The van der Waals surface area contributed by atoms with E-state index in [0.29, 0.717) is 24.7 Å². The van der Waals surface area contributed by atoms with Gasteiger partial charge in [-0.2, -0.15) is 5.10 Å². The van der Waals surface area contributed by atoms with Crippen molar-refractivity contribution < 1.29 is 9.53 Å². The Labute approximate surface area is 87.2 Å². The van der Waals surface area contributed by atoms with Gasteiger partial charge in [0, 0.05) is 25.3 Å². The monoisotopic (exact) mass is 210 g/mol. The molecule has 1 aromatic heterocycles. The Bertz CT molecular complexity index is 344. The van der Waals surface area contributed by atoms with E-state index in [1.54, 1.807) is 0 Å². The van der Waals surface area contributed by atoms with E-state index in [4.69, 9.17) is 10.5 Å². The number of hydrogen-bond donors (Lipinski definition) is 3. The van der Waals surface area contributed by atoms with Crippen LogP contribution in [0.4, 0.5) is 5.82 Å². The minimum atomic E-state index is -0.161. The molecule has 1 aliphatic rings. The summed E-state index contributed by atoms with van der Waals surface area (Å²) in [4.78, 5) is 11.6. The highest BCUT2D eigenvalue weighted by molar-refractivity contribution is 5.93. The summed E-state index contributed by atoms with van der Waals surface area (Å²) in [6.45, 7) is 1.41. The van der Waals surface area contributed by atoms with Gasteiger partial charge in [0.15, 0.2) is 0 Å². The molecule has 0 bridgehead atoms. The fourth-order valence-corrected chi connectivity index (χ4v) is 1.56. The number of amides is 1. The Balaban J connectivity index is 1.91. The van der Waals surface area contributed by atoms with Gasteiger partial charge in [0.25, 0.3) is 5.91 Å². The molecule has 1 saturated heterocycles. The molecule has 0 spiro atoms. The van der Waals surface area contributed by atoms with Crippen molar-refractivity contribution >= 4 is 11.7 Å². The summed E-state index contributed by atoms with van der Waals surface area (Å²) in [6, 6.07) is 1.71. The first-order valence-electron chi connectivity index (χ1n) is 4.95. The van der Waals surface area contributed by atoms with Gasteiger partial charge >= 0.3 is 0 Å². The summed E-state index contributed by atoms with van der Waals surface area (Å²) >= 11 is 0. The van der Waals surface area contributed by atoms with Crippen LogP contribution in [-0.4, -0.2) is 35.4 Å². The van der Waals surface area contributed by atoms with E-state index in [2.05, 4.69) is 15.5 Å². The number of carbonyl (C=O) groups excluding carboxylic acids is 1. The molecule has 2 heterocycles. The zero-order valence-electron chi connectivity index (χ0n) is 8.32. The number of nitrogen functional groups attached to an aromatic ring is 1. The molecule has 0 aliphatic carbocycles. The molecule has 0 radical (unpaired) electrons. The maximum atomic E-state index is 11.6. The second-order valence-corrected chi connectivity index (χ2v) is 3.57. The van der Waals surface area contributed by atoms with E-state index >= 15 is 0 Å². The van der Waals surface area contributed by atoms with Crippen LogP contribution in [0.15, 0.2) is 6.07 Å². The molecule has 82 valence electrons. The van der Waals surface area contributed by atoms with Gasteiger partial charge in [-0.1, -0.05) is 0 Å². The lowest BCUT2D eigenvalue weighted by atomic mass is 10.1. The lowest BCUT2D eigenvalue weighted by Crippen LogP contribution is -2.39. The van der Waals surface area contributed by atoms with Gasteiger partial charge in [-0.05, 0) is 12.8 Å². The number of carbonyl (C=O) groups is 1. The van der Waals surface area contributed by atoms with Crippen molar-refractivity contribution in [3.05, 3.63) is 11.8 Å². The van der Waals surface area contributed by atoms with E-state index < -0.39 is 0 Å². The first-order chi connectivity index (χ1) is 7.25. The van der Waals surface area contributed by atoms with Crippen LogP contribution in [0.3, 0.4) is 0 Å². The Morgan fingerprint density at radius 1 is 1.60 bits per heavy atom. The van der Waals surface area contributed by atoms with Crippen LogP contribution >= 0.6 is 0 Å². The number of nitrogens with one attached hydrogen (secondary N) is 2. The van der Waals surface area contributed by atoms with Crippen LogP contribution in [0.25, 0.3) is 0 Å². The normalized spacial score (nSPS) is 17.6. The lowest BCUT2D eigenvalue weighted by molar-refractivity contribution is 0.0694. The fraction of sp³-hybridized carbons (Fsp3) is 0.556. The van der Waals surface area contributed by atoms with Gasteiger partial charge < -0.3 is 15.8 Å². The quantitative estimate of drug-likeness (QED) is 0.635. The van der Waals surface area contributed by atoms with Crippen molar-refractivity contribution in [3.8, 4) is 0 Å². The van der Waals surface area contributed by atoms with E-state index in [1.807, 2.05) is 0 Å². The zero-order chi connectivity index (χ0) is 10.7. The Kier molecular flexibility index (Phi) is 2.86. The third kappa shape index (κ3) is 2.47. The molecular weight excluding hydrogens is 196 g/mol. The van der Waals surface area contributed by atoms with Crippen LogP contribution in [0.1, 0.15) is 23.3 Å². The molecule has 1 aromatic rings. The number of anilines is 1. The second kappa shape index (κ2) is 4.31. The number of aromatic amines is 1. The van der Waals surface area contributed by atoms with E-state index in [9.17, 15) is 4.79 Å². The highest BCUT2D eigenvalue weighted by Gasteiger charge is 2.17. The van der Waals surface area contributed by atoms with E-state index in [0.717, 1.165) is 12.8 Å². The number of hydrogen-bond acceptors (Lipinski definition) is 4. The largest absolute Gasteiger partial charge is 0.382 e. The summed E-state index contributed by atoms with van der Waals surface area (Å²) in [6.07, 6.45) is 1.71. The molecule has 2 rings (SSSR count). The summed E-state index contributed by atoms with van der Waals surface area (Å²) in [5, 5.41) is 9.18. The first-order valence-corrected chi connectivity index (χ1v) is 4.95. The van der Waals surface area contributed by atoms with Gasteiger partial charge in [0.1, 0.15) is 11.5 Å². The van der Waals surface area contributed by atoms with Crippen LogP contribution in [0, 0.1) is 0 Å². The maximum Gasteiger partial charge on any atom is 0.269 e. The number of nitrogens with zero attached hydrogens (tertiary/aromatic N) is 1. The Hall–Kier alpha value is -1.56. The molecule has 1 aliphatic heterocycles. The molecule has 6 heteroatoms. The number of nitrogens with two attached hydrogens (primary N) is 1. The molecule has 0 atom stereocenters. The molecule has 6 nitrogen and oxygen atoms in total. The summed E-state index contributed by atoms with van der Waals surface area (Å²) in [5.74, 6) is 0.165. The zero-order valence-corrected chi connectivity index (χ0v) is 8.32. The predicted octanol–water partition coefficient (Wildman–Crippen LogP) is -0.0993. The molecule has 0 unspecified atom stereocenters. The third-order valence-electron chi connectivity index (χ3n) is 2.40. The molecule has 1 fully saturated rings. The highest BCUT2D eigenvalue weighted by Crippen LogP contribution is 2.07. The van der Waals surface area contributed by atoms with Gasteiger partial charge in [0.2, 0.25) is 0 Å². The molecular formula is C9H14N4O2. The van der Waals surface area contributed by atoms with Crippen molar-refractivity contribution in [1.82, 2.24) is 15.5 Å². The maximum absolute atomic E-state index is 11.6. The Morgan fingerprint density at radius 2 is 2.33 bits per heavy atom. The average Bonchev–Trinajstić information content (AvgIpc) is 2.66. The predicted molar refractivity (Wildman–Crippen MR) is 54.3 cm³/mol. The van der Waals surface area contributed by atoms with Crippen molar-refractivity contribution in [2.75, 3.05) is 18.9 Å². The van der Waals surface area contributed by atoms with Crippen molar-refractivity contribution in [2.24, 2.45) is 0 Å². The van der Waals surface area contributed by atoms with Gasteiger partial charge in [-0.3, -0.25) is 9.89 Å². The van der Waals surface area contributed by atoms with E-state index in [1.165, 1.54) is 6.07 Å². The molecule has 4 N–H and O–H groups in total. The number of H-pyrrole nitrogens is 1. The highest BCUT2D eigenvalue weighted by atomic mass is 16.5. The third-order valence-corrected chi connectivity index (χ3v) is 2.40. The molecule has 1 amide bonds. The summed E-state index contributed by atoms with van der Waals surface area (Å²) in [5.41, 5.74) is 5.81. The average molecular weight is 210 g/mol. The second-order valence-electron chi connectivity index (χ2n) is 3.57. The summed E-state index contributed by atoms with van der Waals surface area (Å²) < 4.78 is 5.20. The number of ether oxygens (including phenoxy) is 1. The van der Waals surface area contributed by atoms with Gasteiger partial charge in [-0.25, -0.2) is 0 Å². The smallest absolute Gasteiger partial charge is 0.269 e. The SMILES string of the molecule is Nc1cc(C(=O)NC2CCOCC2)[nH]n1. The lowest BCUT2D eigenvalue weighted by Gasteiger charge is -2.22. The van der Waals surface area contributed by atoms with E-state index in [-0.39, 0.29) is 11.9 Å². The van der Waals surface area contributed by atoms with Crippen molar-refractivity contribution in [3.63, 3.8) is 0 Å². The minimum Gasteiger partial charge on any atom is -0.382 e. The van der Waals surface area contributed by atoms with Crippen molar-refractivity contribution in [1.29, 1.82) is 0 Å². The summed E-state index contributed by atoms with van der Waals surface area (Å²) in [7, 11) is 0. The van der Waals surface area contributed by atoms with Crippen LogP contribution in [-0.2, 0) is 4.74 Å². The molecule has 0 saturated carbocycles. The number of aromatic nitrogens is 2. The van der Waals surface area contributed by atoms with Crippen LogP contribution < -0.4 is 11.1 Å². The van der Waals surface area contributed by atoms with Crippen LogP contribution in [0.2, 0.25) is 0 Å². The molecule has 15 heavy (non-hydrogen) atoms. The topological polar surface area (TPSA) is 93.0 Å². The van der Waals surface area contributed by atoms with Crippen molar-refractivity contribution in [2.45, 2.75) is 18.9 Å². The molecule has 0 aromatic carbocycles. The first kappa shape index (κ1) is 9.97. The Morgan fingerprint density at radius 3 is 2.93 bits per heavy atom. The standard InChI is InChI=1S/C9H14N4O2/c10-8-5-7(12-13-8)9(14)11-6-1-3-15-4-2-6/h5-6H,1-4H2,(H,11,14)(H3,10,12,13). The van der Waals surface area contributed by atoms with Gasteiger partial charge in [-0.15, -0.1) is 0 Å². The van der Waals surface area contributed by atoms with Gasteiger partial charge in [0.05, 0.1) is 0 Å². The number of rotatable bonds is 2.